The summed E-state index contributed by atoms with van der Waals surface area (Å²) in [5, 5.41) is 0. The van der Waals surface area contributed by atoms with E-state index in [2.05, 4.69) is 32.5 Å². The Morgan fingerprint density at radius 2 is 1.82 bits per heavy atom. The minimum atomic E-state index is 0.598. The molecule has 1 rings (SSSR count). The van der Waals surface area contributed by atoms with Crippen molar-refractivity contribution in [3.8, 4) is 0 Å². The lowest BCUT2D eigenvalue weighted by molar-refractivity contribution is 0.190. The number of thioether (sulfide) groups is 1. The molecule has 1 fully saturated rings. The molecular weight excluding hydrogens is 152 g/mol. The van der Waals surface area contributed by atoms with Crippen LogP contribution in [0.5, 0.6) is 0 Å². The molecule has 0 atom stereocenters. The summed E-state index contributed by atoms with van der Waals surface area (Å²) in [5.74, 6) is 3.79. The van der Waals surface area contributed by atoms with Gasteiger partial charge in [-0.25, -0.2) is 0 Å². The van der Waals surface area contributed by atoms with Crippen LogP contribution in [0.1, 0.15) is 40.0 Å². The zero-order chi connectivity index (χ0) is 8.32. The zero-order valence-electron chi connectivity index (χ0n) is 8.02. The molecule has 1 saturated heterocycles. The first-order valence-corrected chi connectivity index (χ1v) is 5.90. The number of hydrogen-bond donors (Lipinski definition) is 0. The van der Waals surface area contributed by atoms with Gasteiger partial charge in [0.2, 0.25) is 0 Å². The van der Waals surface area contributed by atoms with Crippen molar-refractivity contribution >= 4 is 11.8 Å². The molecule has 0 bridgehead atoms. The summed E-state index contributed by atoms with van der Waals surface area (Å²) in [6.07, 6.45) is 4.24. The minimum absolute atomic E-state index is 0.598. The van der Waals surface area contributed by atoms with E-state index in [-0.39, 0.29) is 0 Å². The lowest BCUT2D eigenvalue weighted by Crippen LogP contribution is -2.26. The van der Waals surface area contributed by atoms with Crippen LogP contribution in [0, 0.1) is 11.3 Å². The van der Waals surface area contributed by atoms with E-state index in [1.165, 1.54) is 30.8 Å². The Balaban J connectivity index is 2.43. The number of hydrogen-bond acceptors (Lipinski definition) is 1. The first-order chi connectivity index (χ1) is 5.17. The SMILES string of the molecule is CCC(C)(C)C1CCSCC1. The van der Waals surface area contributed by atoms with Gasteiger partial charge in [0.15, 0.2) is 0 Å². The van der Waals surface area contributed by atoms with Crippen molar-refractivity contribution < 1.29 is 0 Å². The molecule has 0 spiro atoms. The van der Waals surface area contributed by atoms with Crippen LogP contribution in [-0.4, -0.2) is 11.5 Å². The van der Waals surface area contributed by atoms with Gasteiger partial charge in [0, 0.05) is 0 Å². The van der Waals surface area contributed by atoms with Crippen molar-refractivity contribution in [2.24, 2.45) is 11.3 Å². The molecule has 0 nitrogen and oxygen atoms in total. The van der Waals surface area contributed by atoms with Gasteiger partial charge in [-0.1, -0.05) is 27.2 Å². The second-order valence-electron chi connectivity index (χ2n) is 4.23. The Kier molecular flexibility index (Phi) is 3.29. The molecule has 0 aliphatic carbocycles. The van der Waals surface area contributed by atoms with Gasteiger partial charge >= 0.3 is 0 Å². The first-order valence-electron chi connectivity index (χ1n) is 4.74. The molecule has 0 aromatic carbocycles. The van der Waals surface area contributed by atoms with E-state index in [4.69, 9.17) is 0 Å². The second kappa shape index (κ2) is 3.84. The fourth-order valence-electron chi connectivity index (χ4n) is 1.77. The van der Waals surface area contributed by atoms with Crippen LogP contribution in [0.3, 0.4) is 0 Å². The van der Waals surface area contributed by atoms with Crippen LogP contribution < -0.4 is 0 Å². The fourth-order valence-corrected chi connectivity index (χ4v) is 2.87. The van der Waals surface area contributed by atoms with Crippen LogP contribution in [0.2, 0.25) is 0 Å². The molecule has 0 saturated carbocycles. The third-order valence-corrected chi connectivity index (χ3v) is 4.29. The van der Waals surface area contributed by atoms with Gasteiger partial charge in [0.25, 0.3) is 0 Å². The molecular formula is C10H20S. The lowest BCUT2D eigenvalue weighted by atomic mass is 9.74. The molecule has 1 heteroatoms. The topological polar surface area (TPSA) is 0 Å². The van der Waals surface area contributed by atoms with E-state index in [9.17, 15) is 0 Å². The van der Waals surface area contributed by atoms with Gasteiger partial charge in [-0.3, -0.25) is 0 Å². The average molecular weight is 172 g/mol. The maximum atomic E-state index is 2.42. The smallest absolute Gasteiger partial charge is 0.00647 e. The van der Waals surface area contributed by atoms with Crippen molar-refractivity contribution in [1.82, 2.24) is 0 Å². The van der Waals surface area contributed by atoms with Crippen LogP contribution in [-0.2, 0) is 0 Å². The molecule has 1 aliphatic rings. The van der Waals surface area contributed by atoms with E-state index < -0.39 is 0 Å². The summed E-state index contributed by atoms with van der Waals surface area (Å²) in [7, 11) is 0. The summed E-state index contributed by atoms with van der Waals surface area (Å²) in [6, 6.07) is 0. The van der Waals surface area contributed by atoms with Crippen molar-refractivity contribution in [3.63, 3.8) is 0 Å². The van der Waals surface area contributed by atoms with E-state index in [0.717, 1.165) is 5.92 Å². The summed E-state index contributed by atoms with van der Waals surface area (Å²) in [4.78, 5) is 0. The molecule has 1 heterocycles. The molecule has 0 unspecified atom stereocenters. The predicted octanol–water partition coefficient (Wildman–Crippen LogP) is 3.57. The highest BCUT2D eigenvalue weighted by molar-refractivity contribution is 7.99. The summed E-state index contributed by atoms with van der Waals surface area (Å²) in [6.45, 7) is 7.17. The van der Waals surface area contributed by atoms with E-state index in [1.54, 1.807) is 0 Å². The van der Waals surface area contributed by atoms with Crippen molar-refractivity contribution in [1.29, 1.82) is 0 Å². The fraction of sp³-hybridized carbons (Fsp3) is 1.00. The third-order valence-electron chi connectivity index (χ3n) is 3.24. The quantitative estimate of drug-likeness (QED) is 0.613. The first kappa shape index (κ1) is 9.44. The molecule has 0 amide bonds. The van der Waals surface area contributed by atoms with E-state index in [0.29, 0.717) is 5.41 Å². The third kappa shape index (κ3) is 2.40. The molecule has 0 radical (unpaired) electrons. The van der Waals surface area contributed by atoms with Crippen LogP contribution >= 0.6 is 11.8 Å². The highest BCUT2D eigenvalue weighted by atomic mass is 32.2. The molecule has 1 aliphatic heterocycles. The molecule has 0 N–H and O–H groups in total. The molecule has 0 aromatic rings. The highest BCUT2D eigenvalue weighted by Crippen LogP contribution is 2.39. The van der Waals surface area contributed by atoms with Crippen molar-refractivity contribution in [2.45, 2.75) is 40.0 Å². The van der Waals surface area contributed by atoms with Gasteiger partial charge in [-0.2, -0.15) is 11.8 Å². The van der Waals surface area contributed by atoms with Gasteiger partial charge in [0.1, 0.15) is 0 Å². The van der Waals surface area contributed by atoms with Crippen LogP contribution in [0.4, 0.5) is 0 Å². The largest absolute Gasteiger partial charge is 0.162 e. The maximum Gasteiger partial charge on any atom is -0.00647 e. The Morgan fingerprint density at radius 1 is 1.27 bits per heavy atom. The molecule has 0 aromatic heterocycles. The summed E-state index contributed by atoms with van der Waals surface area (Å²) >= 11 is 2.13. The standard InChI is InChI=1S/C10H20S/c1-4-10(2,3)9-5-7-11-8-6-9/h9H,4-8H2,1-3H3. The Labute approximate surface area is 75.1 Å². The van der Waals surface area contributed by atoms with Crippen molar-refractivity contribution in [2.75, 3.05) is 11.5 Å². The summed E-state index contributed by atoms with van der Waals surface area (Å²) in [5.41, 5.74) is 0.598. The normalized spacial score (nSPS) is 22.1. The highest BCUT2D eigenvalue weighted by Gasteiger charge is 2.28. The van der Waals surface area contributed by atoms with Crippen molar-refractivity contribution in [3.05, 3.63) is 0 Å². The molecule has 66 valence electrons. The van der Waals surface area contributed by atoms with Gasteiger partial charge in [0.05, 0.1) is 0 Å². The number of rotatable bonds is 2. The predicted molar refractivity (Wildman–Crippen MR) is 54.1 cm³/mol. The maximum absolute atomic E-state index is 2.42. The minimum Gasteiger partial charge on any atom is -0.162 e. The molecule has 11 heavy (non-hydrogen) atoms. The Hall–Kier alpha value is 0.350. The van der Waals surface area contributed by atoms with Crippen LogP contribution in [0.25, 0.3) is 0 Å². The van der Waals surface area contributed by atoms with Gasteiger partial charge in [-0.05, 0) is 35.7 Å². The Morgan fingerprint density at radius 3 is 2.27 bits per heavy atom. The van der Waals surface area contributed by atoms with Gasteiger partial charge in [-0.15, -0.1) is 0 Å². The second-order valence-corrected chi connectivity index (χ2v) is 5.45. The van der Waals surface area contributed by atoms with E-state index in [1.807, 2.05) is 0 Å². The lowest BCUT2D eigenvalue weighted by Gasteiger charge is -2.36. The summed E-state index contributed by atoms with van der Waals surface area (Å²) < 4.78 is 0. The van der Waals surface area contributed by atoms with E-state index >= 15 is 0 Å². The Bertz CT molecular complexity index is 112. The average Bonchev–Trinajstić information content (AvgIpc) is 2.06. The monoisotopic (exact) mass is 172 g/mol. The van der Waals surface area contributed by atoms with Gasteiger partial charge < -0.3 is 0 Å². The van der Waals surface area contributed by atoms with Crippen LogP contribution in [0.15, 0.2) is 0 Å². The zero-order valence-corrected chi connectivity index (χ0v) is 8.84.